The van der Waals surface area contributed by atoms with Gasteiger partial charge < -0.3 is 4.74 Å². The van der Waals surface area contributed by atoms with Crippen LogP contribution in [0.1, 0.15) is 18.9 Å². The maximum absolute atomic E-state index is 11.1. The van der Waals surface area contributed by atoms with Gasteiger partial charge in [-0.25, -0.2) is 0 Å². The summed E-state index contributed by atoms with van der Waals surface area (Å²) in [6.45, 7) is 4.87. The first kappa shape index (κ1) is 15.1. The van der Waals surface area contributed by atoms with Crippen LogP contribution < -0.4 is 0 Å². The Morgan fingerprint density at radius 1 is 1.44 bits per heavy atom. The predicted molar refractivity (Wildman–Crippen MR) is 75.8 cm³/mol. The van der Waals surface area contributed by atoms with Gasteiger partial charge in [-0.05, 0) is 18.2 Å². The summed E-state index contributed by atoms with van der Waals surface area (Å²) < 4.78 is 5.10. The van der Waals surface area contributed by atoms with Crippen LogP contribution in [0.25, 0.3) is 5.76 Å². The molecule has 0 amide bonds. The van der Waals surface area contributed by atoms with Crippen LogP contribution in [0.2, 0.25) is 10.0 Å². The van der Waals surface area contributed by atoms with Crippen molar-refractivity contribution in [2.24, 2.45) is 0 Å². The van der Waals surface area contributed by atoms with Crippen molar-refractivity contribution in [3.8, 4) is 0 Å². The lowest BCUT2D eigenvalue weighted by molar-refractivity contribution is -0.134. The quantitative estimate of drug-likeness (QED) is 0.442. The van der Waals surface area contributed by atoms with Crippen LogP contribution in [0.15, 0.2) is 35.9 Å². The number of hydrogen-bond donors (Lipinski definition) is 0. The van der Waals surface area contributed by atoms with Gasteiger partial charge in [0.05, 0.1) is 10.1 Å². The third kappa shape index (κ3) is 4.05. The third-order valence-corrected chi connectivity index (χ3v) is 2.87. The first-order valence-corrected chi connectivity index (χ1v) is 6.22. The first-order valence-electron chi connectivity index (χ1n) is 5.09. The van der Waals surface area contributed by atoms with Crippen LogP contribution in [0.3, 0.4) is 0 Å². The highest BCUT2D eigenvalue weighted by Crippen LogP contribution is 2.32. The lowest BCUT2D eigenvalue weighted by Crippen LogP contribution is -2.01. The summed E-state index contributed by atoms with van der Waals surface area (Å²) >= 11 is 17.9. The number of allylic oxidation sites excluding steroid dienone is 2. The number of ether oxygens (including phenoxy) is 1. The number of benzene rings is 1. The summed E-state index contributed by atoms with van der Waals surface area (Å²) in [7, 11) is 0. The van der Waals surface area contributed by atoms with Gasteiger partial charge >= 0.3 is 5.97 Å². The summed E-state index contributed by atoms with van der Waals surface area (Å²) in [5.74, 6) is -0.246. The minimum absolute atomic E-state index is 0.228. The molecule has 0 aromatic heterocycles. The molecule has 0 atom stereocenters. The number of carbonyl (C=O) groups excluding carboxylic acids is 1. The third-order valence-electron chi connectivity index (χ3n) is 1.99. The zero-order valence-electron chi connectivity index (χ0n) is 9.67. The maximum atomic E-state index is 11.1. The zero-order valence-corrected chi connectivity index (χ0v) is 11.9. The van der Waals surface area contributed by atoms with Crippen molar-refractivity contribution in [2.75, 3.05) is 0 Å². The van der Waals surface area contributed by atoms with E-state index in [1.807, 2.05) is 0 Å². The average Bonchev–Trinajstić information content (AvgIpc) is 2.26. The average molecular weight is 306 g/mol. The number of hydrogen-bond acceptors (Lipinski definition) is 2. The summed E-state index contributed by atoms with van der Waals surface area (Å²) in [6.07, 6.45) is 1.98. The molecule has 2 nitrogen and oxygen atoms in total. The monoisotopic (exact) mass is 304 g/mol. The van der Waals surface area contributed by atoms with E-state index in [1.54, 1.807) is 24.3 Å². The van der Waals surface area contributed by atoms with E-state index in [-0.39, 0.29) is 5.76 Å². The van der Waals surface area contributed by atoms with Crippen LogP contribution in [-0.2, 0) is 9.53 Å². The Bertz CT molecular complexity index is 507. The SMILES string of the molecule is C=CC/C(Cl)=C(/OC(C)=O)c1ccc(Cl)cc1Cl. The Morgan fingerprint density at radius 2 is 2.11 bits per heavy atom. The molecular weight excluding hydrogens is 294 g/mol. The molecule has 0 saturated heterocycles. The lowest BCUT2D eigenvalue weighted by atomic mass is 10.1. The fourth-order valence-corrected chi connectivity index (χ4v) is 2.04. The Morgan fingerprint density at radius 3 is 2.61 bits per heavy atom. The topological polar surface area (TPSA) is 26.3 Å². The molecule has 0 aliphatic heterocycles. The molecule has 0 aliphatic carbocycles. The van der Waals surface area contributed by atoms with Crippen molar-refractivity contribution in [2.45, 2.75) is 13.3 Å². The molecule has 0 aliphatic rings. The maximum Gasteiger partial charge on any atom is 0.308 e. The van der Waals surface area contributed by atoms with E-state index < -0.39 is 5.97 Å². The van der Waals surface area contributed by atoms with E-state index >= 15 is 0 Å². The predicted octanol–water partition coefficient (Wildman–Crippen LogP) is 5.04. The Hall–Kier alpha value is -0.960. The molecule has 0 N–H and O–H groups in total. The van der Waals surface area contributed by atoms with Crippen LogP contribution in [-0.4, -0.2) is 5.97 Å². The highest BCUT2D eigenvalue weighted by atomic mass is 35.5. The van der Waals surface area contributed by atoms with E-state index in [4.69, 9.17) is 39.5 Å². The summed E-state index contributed by atoms with van der Waals surface area (Å²) in [5.41, 5.74) is 0.517. The second-order valence-corrected chi connectivity index (χ2v) is 4.74. The van der Waals surface area contributed by atoms with E-state index in [9.17, 15) is 4.79 Å². The van der Waals surface area contributed by atoms with Gasteiger partial charge in [0.2, 0.25) is 0 Å². The number of halogens is 3. The summed E-state index contributed by atoms with van der Waals surface area (Å²) in [4.78, 5) is 11.1. The van der Waals surface area contributed by atoms with Crippen molar-refractivity contribution in [1.29, 1.82) is 0 Å². The smallest absolute Gasteiger partial charge is 0.308 e. The van der Waals surface area contributed by atoms with Crippen molar-refractivity contribution in [3.63, 3.8) is 0 Å². The largest absolute Gasteiger partial charge is 0.425 e. The Balaban J connectivity index is 3.29. The minimum Gasteiger partial charge on any atom is -0.425 e. The molecule has 0 saturated carbocycles. The second-order valence-electron chi connectivity index (χ2n) is 3.44. The van der Waals surface area contributed by atoms with Gasteiger partial charge in [0.1, 0.15) is 0 Å². The fraction of sp³-hybridized carbons (Fsp3) is 0.154. The Labute approximate surface area is 121 Å². The molecule has 5 heteroatoms. The van der Waals surface area contributed by atoms with Gasteiger partial charge in [-0.15, -0.1) is 6.58 Å². The molecule has 1 aromatic carbocycles. The second kappa shape index (κ2) is 6.83. The number of rotatable bonds is 4. The highest BCUT2D eigenvalue weighted by molar-refractivity contribution is 6.37. The lowest BCUT2D eigenvalue weighted by Gasteiger charge is -2.11. The zero-order chi connectivity index (χ0) is 13.7. The summed E-state index contributed by atoms with van der Waals surface area (Å²) in [5, 5.41) is 1.20. The van der Waals surface area contributed by atoms with Crippen LogP contribution in [0.5, 0.6) is 0 Å². The molecular formula is C13H11Cl3O2. The van der Waals surface area contributed by atoms with Gasteiger partial charge in [0.25, 0.3) is 0 Å². The van der Waals surface area contributed by atoms with Crippen molar-refractivity contribution < 1.29 is 9.53 Å². The van der Waals surface area contributed by atoms with Crippen LogP contribution >= 0.6 is 34.8 Å². The van der Waals surface area contributed by atoms with Gasteiger partial charge in [-0.2, -0.15) is 0 Å². The molecule has 1 rings (SSSR count). The standard InChI is InChI=1S/C13H11Cl3O2/c1-3-4-11(15)13(18-8(2)17)10-6-5-9(14)7-12(10)16/h3,5-7H,1,4H2,2H3/b13-11-. The van der Waals surface area contributed by atoms with E-state index in [1.165, 1.54) is 6.92 Å². The van der Waals surface area contributed by atoms with Crippen molar-refractivity contribution in [3.05, 3.63) is 51.5 Å². The molecule has 18 heavy (non-hydrogen) atoms. The minimum atomic E-state index is -0.474. The van der Waals surface area contributed by atoms with Gasteiger partial charge in [-0.1, -0.05) is 40.9 Å². The van der Waals surface area contributed by atoms with Gasteiger partial charge in [-0.3, -0.25) is 4.79 Å². The van der Waals surface area contributed by atoms with Crippen molar-refractivity contribution >= 4 is 46.5 Å². The van der Waals surface area contributed by atoms with Gasteiger partial charge in [0, 0.05) is 23.9 Å². The van der Waals surface area contributed by atoms with E-state index in [0.29, 0.717) is 27.1 Å². The van der Waals surface area contributed by atoms with E-state index in [2.05, 4.69) is 6.58 Å². The number of carbonyl (C=O) groups is 1. The van der Waals surface area contributed by atoms with Crippen molar-refractivity contribution in [1.82, 2.24) is 0 Å². The van der Waals surface area contributed by atoms with Crippen LogP contribution in [0, 0.1) is 0 Å². The first-order chi connectivity index (χ1) is 8.45. The summed E-state index contributed by atoms with van der Waals surface area (Å²) in [6, 6.07) is 4.85. The van der Waals surface area contributed by atoms with E-state index in [0.717, 1.165) is 0 Å². The molecule has 0 radical (unpaired) electrons. The normalized spacial score (nSPS) is 11.8. The Kier molecular flexibility index (Phi) is 5.73. The number of esters is 1. The molecule has 96 valence electrons. The molecule has 0 heterocycles. The molecule has 0 bridgehead atoms. The highest BCUT2D eigenvalue weighted by Gasteiger charge is 2.15. The fourth-order valence-electron chi connectivity index (χ4n) is 1.29. The molecule has 0 spiro atoms. The molecule has 1 aromatic rings. The molecule has 0 unspecified atom stereocenters. The van der Waals surface area contributed by atoms with Gasteiger partial charge in [0.15, 0.2) is 5.76 Å². The molecule has 0 fully saturated rings. The van der Waals surface area contributed by atoms with Crippen LogP contribution in [0.4, 0.5) is 0 Å².